The van der Waals surface area contributed by atoms with E-state index in [0.717, 1.165) is 64.4 Å². The maximum Gasteiger partial charge on any atom is 0.231 e. The molecule has 1 amide bonds. The lowest BCUT2D eigenvalue weighted by atomic mass is 9.78. The number of piperazine rings is 1. The van der Waals surface area contributed by atoms with Gasteiger partial charge in [0, 0.05) is 39.8 Å². The van der Waals surface area contributed by atoms with Gasteiger partial charge < -0.3 is 19.7 Å². The van der Waals surface area contributed by atoms with Gasteiger partial charge in [-0.25, -0.2) is 0 Å². The first-order valence-corrected chi connectivity index (χ1v) is 9.63. The highest BCUT2D eigenvalue weighted by molar-refractivity contribution is 5.85. The highest BCUT2D eigenvalue weighted by Crippen LogP contribution is 2.32. The molecule has 3 rings (SSSR count). The second kappa shape index (κ2) is 12.5. The van der Waals surface area contributed by atoms with Crippen molar-refractivity contribution < 1.29 is 14.3 Å². The number of carbonyl (C=O) groups is 1. The molecular formula is C20H33Cl2N3O3. The molecular weight excluding hydrogens is 401 g/mol. The number of methoxy groups -OCH3 is 1. The van der Waals surface area contributed by atoms with E-state index in [1.807, 2.05) is 35.2 Å². The molecule has 2 aliphatic heterocycles. The molecule has 28 heavy (non-hydrogen) atoms. The molecule has 1 aromatic carbocycles. The lowest BCUT2D eigenvalue weighted by Crippen LogP contribution is -2.56. The molecule has 0 spiro atoms. The Kier molecular flexibility index (Phi) is 11.2. The molecule has 8 heteroatoms. The number of hydrogen-bond donors (Lipinski definition) is 1. The zero-order valence-electron chi connectivity index (χ0n) is 16.6. The molecule has 2 heterocycles. The summed E-state index contributed by atoms with van der Waals surface area (Å²) in [6.45, 7) is 7.29. The molecule has 0 aromatic heterocycles. The van der Waals surface area contributed by atoms with Crippen LogP contribution in [0.25, 0.3) is 0 Å². The van der Waals surface area contributed by atoms with E-state index in [-0.39, 0.29) is 36.1 Å². The average molecular weight is 434 g/mol. The Morgan fingerprint density at radius 1 is 1.07 bits per heavy atom. The molecule has 2 fully saturated rings. The third kappa shape index (κ3) is 6.49. The van der Waals surface area contributed by atoms with Crippen molar-refractivity contribution in [3.63, 3.8) is 0 Å². The number of carbonyl (C=O) groups excluding carboxylic acids is 1. The Labute approximate surface area is 180 Å². The van der Waals surface area contributed by atoms with Crippen molar-refractivity contribution in [1.29, 1.82) is 0 Å². The molecule has 1 N–H and O–H groups in total. The number of rotatable bonds is 7. The summed E-state index contributed by atoms with van der Waals surface area (Å²) in [5.74, 6) is 1.19. The summed E-state index contributed by atoms with van der Waals surface area (Å²) in [6.07, 6.45) is 1.73. The van der Waals surface area contributed by atoms with E-state index in [2.05, 4.69) is 10.2 Å². The second-order valence-electron chi connectivity index (χ2n) is 7.26. The highest BCUT2D eigenvalue weighted by Gasteiger charge is 2.42. The largest absolute Gasteiger partial charge is 0.492 e. The number of nitrogens with zero attached hydrogens (tertiary/aromatic N) is 2. The summed E-state index contributed by atoms with van der Waals surface area (Å²) in [5, 5.41) is 3.35. The molecule has 6 nitrogen and oxygen atoms in total. The Hall–Kier alpha value is -1.05. The summed E-state index contributed by atoms with van der Waals surface area (Å²) < 4.78 is 11.2. The highest BCUT2D eigenvalue weighted by atomic mass is 35.5. The van der Waals surface area contributed by atoms with Gasteiger partial charge in [-0.3, -0.25) is 9.69 Å². The zero-order valence-corrected chi connectivity index (χ0v) is 18.2. The van der Waals surface area contributed by atoms with Gasteiger partial charge in [0.15, 0.2) is 0 Å². The predicted molar refractivity (Wildman–Crippen MR) is 116 cm³/mol. The molecule has 2 aliphatic rings. The molecule has 160 valence electrons. The van der Waals surface area contributed by atoms with Gasteiger partial charge in [-0.15, -0.1) is 24.8 Å². The van der Waals surface area contributed by atoms with Crippen LogP contribution in [0.5, 0.6) is 5.75 Å². The third-order valence-corrected chi connectivity index (χ3v) is 5.51. The summed E-state index contributed by atoms with van der Waals surface area (Å²) >= 11 is 0. The van der Waals surface area contributed by atoms with Crippen LogP contribution in [0, 0.1) is 5.41 Å². The average Bonchev–Trinajstić information content (AvgIpc) is 2.70. The first-order chi connectivity index (χ1) is 12.7. The smallest absolute Gasteiger partial charge is 0.231 e. The van der Waals surface area contributed by atoms with Crippen molar-refractivity contribution in [2.24, 2.45) is 5.41 Å². The lowest BCUT2D eigenvalue weighted by Gasteiger charge is -2.42. The molecule has 0 atom stereocenters. The quantitative estimate of drug-likeness (QED) is 0.712. The molecule has 0 bridgehead atoms. The van der Waals surface area contributed by atoms with Gasteiger partial charge in [0.1, 0.15) is 12.4 Å². The van der Waals surface area contributed by atoms with E-state index in [1.54, 1.807) is 7.11 Å². The number of para-hydroxylation sites is 1. The molecule has 0 radical (unpaired) electrons. The number of amides is 1. The van der Waals surface area contributed by atoms with E-state index >= 15 is 0 Å². The second-order valence-corrected chi connectivity index (χ2v) is 7.26. The molecule has 2 saturated heterocycles. The van der Waals surface area contributed by atoms with Gasteiger partial charge in [0.2, 0.25) is 5.91 Å². The van der Waals surface area contributed by atoms with Gasteiger partial charge in [-0.05, 0) is 38.1 Å². The van der Waals surface area contributed by atoms with Crippen molar-refractivity contribution in [2.45, 2.75) is 12.8 Å². The van der Waals surface area contributed by atoms with Crippen LogP contribution >= 0.6 is 24.8 Å². The monoisotopic (exact) mass is 433 g/mol. The molecule has 0 unspecified atom stereocenters. The van der Waals surface area contributed by atoms with Crippen molar-refractivity contribution >= 4 is 30.7 Å². The minimum Gasteiger partial charge on any atom is -0.492 e. The van der Waals surface area contributed by atoms with Crippen molar-refractivity contribution in [1.82, 2.24) is 15.1 Å². The van der Waals surface area contributed by atoms with Crippen LogP contribution in [0.1, 0.15) is 12.8 Å². The summed E-state index contributed by atoms with van der Waals surface area (Å²) in [4.78, 5) is 17.6. The molecule has 1 aromatic rings. The van der Waals surface area contributed by atoms with Crippen LogP contribution < -0.4 is 10.1 Å². The topological polar surface area (TPSA) is 54.0 Å². The van der Waals surface area contributed by atoms with Gasteiger partial charge in [0.25, 0.3) is 0 Å². The maximum atomic E-state index is 13.1. The van der Waals surface area contributed by atoms with Gasteiger partial charge in [0.05, 0.1) is 12.0 Å². The van der Waals surface area contributed by atoms with Gasteiger partial charge in [-0.2, -0.15) is 0 Å². The Morgan fingerprint density at radius 2 is 1.71 bits per heavy atom. The molecule has 0 saturated carbocycles. The third-order valence-electron chi connectivity index (χ3n) is 5.51. The fourth-order valence-corrected chi connectivity index (χ4v) is 3.92. The minimum atomic E-state index is -0.335. The first kappa shape index (κ1) is 25.0. The standard InChI is InChI=1S/C20H31N3O3.2ClH/c1-25-17-20(7-9-21-10-8-20)19(24)23-13-11-22(12-14-23)15-16-26-18-5-3-2-4-6-18;;/h2-6,21H,7-17H2,1H3;2*1H. The number of ether oxygens (including phenoxy) is 2. The van der Waals surface area contributed by atoms with Crippen molar-refractivity contribution in [3.05, 3.63) is 30.3 Å². The fourth-order valence-electron chi connectivity index (χ4n) is 3.92. The normalized spacial score (nSPS) is 19.2. The van der Waals surface area contributed by atoms with E-state index in [9.17, 15) is 4.79 Å². The minimum absolute atomic E-state index is 0. The maximum absolute atomic E-state index is 13.1. The number of benzene rings is 1. The Balaban J connectivity index is 0.00000196. The van der Waals surface area contributed by atoms with Crippen LogP contribution in [0.2, 0.25) is 0 Å². The van der Waals surface area contributed by atoms with Crippen molar-refractivity contribution in [3.8, 4) is 5.75 Å². The summed E-state index contributed by atoms with van der Waals surface area (Å²) in [7, 11) is 1.70. The number of halogens is 2. The van der Waals surface area contributed by atoms with Crippen LogP contribution in [-0.4, -0.2) is 81.8 Å². The first-order valence-electron chi connectivity index (χ1n) is 9.63. The van der Waals surface area contributed by atoms with E-state index in [1.165, 1.54) is 0 Å². The van der Waals surface area contributed by atoms with Crippen LogP contribution in [0.15, 0.2) is 30.3 Å². The number of nitrogens with one attached hydrogen (secondary N) is 1. The summed E-state index contributed by atoms with van der Waals surface area (Å²) in [6, 6.07) is 9.91. The van der Waals surface area contributed by atoms with Gasteiger partial charge >= 0.3 is 0 Å². The molecule has 0 aliphatic carbocycles. The number of piperidine rings is 1. The van der Waals surface area contributed by atoms with E-state index < -0.39 is 0 Å². The number of hydrogen-bond acceptors (Lipinski definition) is 5. The van der Waals surface area contributed by atoms with Crippen LogP contribution in [0.3, 0.4) is 0 Å². The van der Waals surface area contributed by atoms with Gasteiger partial charge in [-0.1, -0.05) is 18.2 Å². The van der Waals surface area contributed by atoms with E-state index in [0.29, 0.717) is 13.2 Å². The predicted octanol–water partition coefficient (Wildman–Crippen LogP) is 2.07. The van der Waals surface area contributed by atoms with E-state index in [4.69, 9.17) is 9.47 Å². The zero-order chi connectivity index (χ0) is 18.2. The van der Waals surface area contributed by atoms with Crippen molar-refractivity contribution in [2.75, 3.05) is 66.1 Å². The van der Waals surface area contributed by atoms with Crippen LogP contribution in [-0.2, 0) is 9.53 Å². The lowest BCUT2D eigenvalue weighted by molar-refractivity contribution is -0.149. The Morgan fingerprint density at radius 3 is 2.32 bits per heavy atom. The summed E-state index contributed by atoms with van der Waals surface area (Å²) in [5.41, 5.74) is -0.335. The fraction of sp³-hybridized carbons (Fsp3) is 0.650. The SMILES string of the molecule is COCC1(C(=O)N2CCN(CCOc3ccccc3)CC2)CCNCC1.Cl.Cl. The Bertz CT molecular complexity index is 558. The van der Waals surface area contributed by atoms with Crippen LogP contribution in [0.4, 0.5) is 0 Å².